The van der Waals surface area contributed by atoms with Crippen LogP contribution in [0.1, 0.15) is 33.4 Å². The minimum absolute atomic E-state index is 0.496. The van der Waals surface area contributed by atoms with Crippen molar-refractivity contribution in [3.63, 3.8) is 0 Å². The molecule has 1 heterocycles. The summed E-state index contributed by atoms with van der Waals surface area (Å²) in [5.74, 6) is 0.597. The van der Waals surface area contributed by atoms with Crippen molar-refractivity contribution in [2.45, 2.75) is 46.8 Å². The van der Waals surface area contributed by atoms with E-state index in [0.717, 1.165) is 26.3 Å². The smallest absolute Gasteiger partial charge is 0.0949 e. The average molecular weight is 239 g/mol. The third-order valence-corrected chi connectivity index (χ3v) is 2.42. The molecular formula is C13H25N3O. The second-order valence-corrected chi connectivity index (χ2v) is 5.08. The van der Waals surface area contributed by atoms with E-state index in [4.69, 9.17) is 4.74 Å². The van der Waals surface area contributed by atoms with Gasteiger partial charge < -0.3 is 14.6 Å². The van der Waals surface area contributed by atoms with Crippen LogP contribution in [0.2, 0.25) is 0 Å². The minimum Gasteiger partial charge on any atom is -0.379 e. The largest absolute Gasteiger partial charge is 0.379 e. The lowest BCUT2D eigenvalue weighted by Gasteiger charge is -2.12. The van der Waals surface area contributed by atoms with E-state index in [-0.39, 0.29) is 0 Å². The molecule has 0 spiro atoms. The molecule has 1 rings (SSSR count). The summed E-state index contributed by atoms with van der Waals surface area (Å²) in [5, 5.41) is 3.40. The fourth-order valence-electron chi connectivity index (χ4n) is 1.49. The highest BCUT2D eigenvalue weighted by Gasteiger charge is 2.03. The number of hydrogen-bond acceptors (Lipinski definition) is 3. The van der Waals surface area contributed by atoms with Crippen molar-refractivity contribution in [1.82, 2.24) is 14.9 Å². The van der Waals surface area contributed by atoms with Gasteiger partial charge in [0, 0.05) is 31.9 Å². The normalized spacial score (nSPS) is 11.6. The molecule has 0 fully saturated rings. The third kappa shape index (κ3) is 5.84. The van der Waals surface area contributed by atoms with Crippen molar-refractivity contribution in [3.05, 3.63) is 18.2 Å². The fourth-order valence-corrected chi connectivity index (χ4v) is 1.49. The predicted octanol–water partition coefficient (Wildman–Crippen LogP) is 2.05. The van der Waals surface area contributed by atoms with Gasteiger partial charge in [0.1, 0.15) is 0 Å². The summed E-state index contributed by atoms with van der Waals surface area (Å²) in [6.07, 6.45) is 3.79. The Morgan fingerprint density at radius 3 is 2.76 bits per heavy atom. The lowest BCUT2D eigenvalue weighted by atomic mass is 10.2. The molecule has 4 heteroatoms. The zero-order chi connectivity index (χ0) is 12.7. The Hall–Kier alpha value is -0.870. The molecule has 0 atom stereocenters. The molecule has 0 aromatic carbocycles. The number of imidazole rings is 1. The second kappa shape index (κ2) is 7.45. The van der Waals surface area contributed by atoms with Crippen LogP contribution in [0.25, 0.3) is 0 Å². The van der Waals surface area contributed by atoms with E-state index in [0.29, 0.717) is 12.0 Å². The molecule has 0 aliphatic rings. The molecule has 0 bridgehead atoms. The monoisotopic (exact) mass is 239 g/mol. The Balaban J connectivity index is 2.30. The van der Waals surface area contributed by atoms with Gasteiger partial charge in [-0.15, -0.1) is 0 Å². The quantitative estimate of drug-likeness (QED) is 0.706. The van der Waals surface area contributed by atoms with Gasteiger partial charge in [-0.3, -0.25) is 0 Å². The first-order valence-electron chi connectivity index (χ1n) is 6.39. The van der Waals surface area contributed by atoms with E-state index >= 15 is 0 Å². The number of rotatable bonds is 8. The zero-order valence-electron chi connectivity index (χ0n) is 11.4. The Bertz CT molecular complexity index is 307. The van der Waals surface area contributed by atoms with Gasteiger partial charge in [0.05, 0.1) is 18.6 Å². The Morgan fingerprint density at radius 1 is 1.35 bits per heavy atom. The van der Waals surface area contributed by atoms with Crippen LogP contribution in [-0.2, 0) is 17.8 Å². The van der Waals surface area contributed by atoms with Crippen molar-refractivity contribution >= 4 is 0 Å². The van der Waals surface area contributed by atoms with E-state index < -0.39 is 0 Å². The van der Waals surface area contributed by atoms with Crippen molar-refractivity contribution in [2.75, 3.05) is 13.2 Å². The molecule has 0 amide bonds. The summed E-state index contributed by atoms with van der Waals surface area (Å²) in [5.41, 5.74) is 1.21. The highest BCUT2D eigenvalue weighted by Crippen LogP contribution is 2.00. The summed E-state index contributed by atoms with van der Waals surface area (Å²) >= 11 is 0. The summed E-state index contributed by atoms with van der Waals surface area (Å²) in [6, 6.07) is 0.496. The van der Waals surface area contributed by atoms with Crippen molar-refractivity contribution in [1.29, 1.82) is 0 Å². The number of ether oxygens (including phenoxy) is 1. The van der Waals surface area contributed by atoms with E-state index in [2.05, 4.69) is 42.6 Å². The van der Waals surface area contributed by atoms with Crippen molar-refractivity contribution < 1.29 is 4.74 Å². The van der Waals surface area contributed by atoms with Gasteiger partial charge in [-0.1, -0.05) is 27.7 Å². The lowest BCUT2D eigenvalue weighted by molar-refractivity contribution is 0.102. The van der Waals surface area contributed by atoms with Crippen LogP contribution in [0.5, 0.6) is 0 Å². The number of aromatic nitrogens is 2. The summed E-state index contributed by atoms with van der Waals surface area (Å²) in [7, 11) is 0. The maximum Gasteiger partial charge on any atom is 0.0949 e. The molecule has 0 aliphatic carbocycles. The molecule has 0 saturated heterocycles. The number of nitrogens with zero attached hydrogens (tertiary/aromatic N) is 2. The molecule has 1 N–H and O–H groups in total. The van der Waals surface area contributed by atoms with Crippen molar-refractivity contribution in [3.8, 4) is 0 Å². The zero-order valence-corrected chi connectivity index (χ0v) is 11.4. The van der Waals surface area contributed by atoms with Crippen LogP contribution in [0, 0.1) is 5.92 Å². The van der Waals surface area contributed by atoms with Crippen LogP contribution in [0.4, 0.5) is 0 Å². The summed E-state index contributed by atoms with van der Waals surface area (Å²) < 4.78 is 7.73. The van der Waals surface area contributed by atoms with Gasteiger partial charge in [0.2, 0.25) is 0 Å². The summed E-state index contributed by atoms with van der Waals surface area (Å²) in [6.45, 7) is 11.9. The average Bonchev–Trinajstić information content (AvgIpc) is 2.68. The Morgan fingerprint density at radius 2 is 2.12 bits per heavy atom. The van der Waals surface area contributed by atoms with Crippen LogP contribution >= 0.6 is 0 Å². The van der Waals surface area contributed by atoms with Gasteiger partial charge in [-0.2, -0.15) is 0 Å². The maximum absolute atomic E-state index is 5.58. The highest BCUT2D eigenvalue weighted by molar-refractivity contribution is 4.98. The number of hydrogen-bond donors (Lipinski definition) is 1. The van der Waals surface area contributed by atoms with E-state index in [9.17, 15) is 0 Å². The fraction of sp³-hybridized carbons (Fsp3) is 0.769. The first kappa shape index (κ1) is 14.2. The minimum atomic E-state index is 0.496. The standard InChI is InChI=1S/C13H25N3O/c1-11(2)9-17-6-5-16-10-14-7-13(16)8-15-12(3)4/h7,10-12,15H,5-6,8-9H2,1-4H3. The van der Waals surface area contributed by atoms with Crippen LogP contribution < -0.4 is 5.32 Å². The van der Waals surface area contributed by atoms with Crippen LogP contribution in [0.15, 0.2) is 12.5 Å². The molecule has 4 nitrogen and oxygen atoms in total. The molecule has 98 valence electrons. The summed E-state index contributed by atoms with van der Waals surface area (Å²) in [4.78, 5) is 4.18. The second-order valence-electron chi connectivity index (χ2n) is 5.08. The molecule has 0 saturated carbocycles. The molecule has 1 aromatic heterocycles. The van der Waals surface area contributed by atoms with Crippen molar-refractivity contribution in [2.24, 2.45) is 5.92 Å². The van der Waals surface area contributed by atoms with E-state index in [1.807, 2.05) is 12.5 Å². The van der Waals surface area contributed by atoms with Gasteiger partial charge in [0.25, 0.3) is 0 Å². The first-order valence-corrected chi connectivity index (χ1v) is 6.39. The molecular weight excluding hydrogens is 214 g/mol. The SMILES string of the molecule is CC(C)COCCn1cncc1CNC(C)C. The highest BCUT2D eigenvalue weighted by atomic mass is 16.5. The molecule has 17 heavy (non-hydrogen) atoms. The topological polar surface area (TPSA) is 39.1 Å². The van der Waals surface area contributed by atoms with Crippen LogP contribution in [-0.4, -0.2) is 28.8 Å². The first-order chi connectivity index (χ1) is 8.09. The number of nitrogens with one attached hydrogen (secondary N) is 1. The third-order valence-electron chi connectivity index (χ3n) is 2.42. The molecule has 1 aromatic rings. The lowest BCUT2D eigenvalue weighted by Crippen LogP contribution is -2.23. The molecule has 0 radical (unpaired) electrons. The van der Waals surface area contributed by atoms with Gasteiger partial charge in [-0.05, 0) is 5.92 Å². The maximum atomic E-state index is 5.58. The predicted molar refractivity (Wildman–Crippen MR) is 69.9 cm³/mol. The Labute approximate surface area is 104 Å². The molecule has 0 aliphatic heterocycles. The van der Waals surface area contributed by atoms with Gasteiger partial charge >= 0.3 is 0 Å². The molecule has 0 unspecified atom stereocenters. The van der Waals surface area contributed by atoms with Crippen LogP contribution in [0.3, 0.4) is 0 Å². The Kier molecular flexibility index (Phi) is 6.22. The van der Waals surface area contributed by atoms with Gasteiger partial charge in [0.15, 0.2) is 0 Å². The van der Waals surface area contributed by atoms with Gasteiger partial charge in [-0.25, -0.2) is 4.98 Å². The van der Waals surface area contributed by atoms with E-state index in [1.54, 1.807) is 0 Å². The van der Waals surface area contributed by atoms with E-state index in [1.165, 1.54) is 5.69 Å².